The van der Waals surface area contributed by atoms with Gasteiger partial charge in [-0.15, -0.1) is 0 Å². The van der Waals surface area contributed by atoms with E-state index in [-0.39, 0.29) is 5.69 Å². The van der Waals surface area contributed by atoms with Crippen molar-refractivity contribution in [1.29, 1.82) is 0 Å². The lowest BCUT2D eigenvalue weighted by molar-refractivity contribution is -0.137. The molecule has 0 fully saturated rings. The summed E-state index contributed by atoms with van der Waals surface area (Å²) in [7, 11) is -4.08. The number of hydrogen-bond donors (Lipinski definition) is 1. The van der Waals surface area contributed by atoms with E-state index in [9.17, 15) is 26.4 Å². The van der Waals surface area contributed by atoms with Crippen LogP contribution < -0.4 is 9.62 Å². The SMILES string of the molecule is CCc1ccc(NC(=O)C(C)N(c2ccc(Cl)c(C(F)(F)F)c2)S(C)(=O)=O)cc1. The lowest BCUT2D eigenvalue weighted by Gasteiger charge is -2.29. The van der Waals surface area contributed by atoms with Gasteiger partial charge in [0.1, 0.15) is 6.04 Å². The van der Waals surface area contributed by atoms with E-state index in [2.05, 4.69) is 5.32 Å². The molecule has 0 aliphatic heterocycles. The maximum Gasteiger partial charge on any atom is 0.417 e. The minimum atomic E-state index is -4.78. The molecule has 0 saturated heterocycles. The van der Waals surface area contributed by atoms with Crippen LogP contribution in [-0.4, -0.2) is 26.6 Å². The van der Waals surface area contributed by atoms with E-state index in [0.717, 1.165) is 30.4 Å². The molecule has 0 saturated carbocycles. The molecule has 2 aromatic rings. The first kappa shape index (κ1) is 23.0. The summed E-state index contributed by atoms with van der Waals surface area (Å²) in [4.78, 5) is 12.6. The molecule has 10 heteroatoms. The first-order chi connectivity index (χ1) is 13.3. The van der Waals surface area contributed by atoms with E-state index in [0.29, 0.717) is 16.1 Å². The van der Waals surface area contributed by atoms with E-state index in [1.807, 2.05) is 19.1 Å². The van der Waals surface area contributed by atoms with Crippen molar-refractivity contribution in [2.75, 3.05) is 15.9 Å². The molecule has 0 aliphatic rings. The van der Waals surface area contributed by atoms with Crippen LogP contribution in [-0.2, 0) is 27.4 Å². The van der Waals surface area contributed by atoms with E-state index < -0.39 is 38.7 Å². The van der Waals surface area contributed by atoms with Crippen molar-refractivity contribution < 1.29 is 26.4 Å². The third kappa shape index (κ3) is 5.63. The number of hydrogen-bond acceptors (Lipinski definition) is 3. The third-order valence-electron chi connectivity index (χ3n) is 4.23. The summed E-state index contributed by atoms with van der Waals surface area (Å²) >= 11 is 5.61. The second kappa shape index (κ2) is 8.62. The van der Waals surface area contributed by atoms with Crippen LogP contribution in [0.1, 0.15) is 25.0 Å². The van der Waals surface area contributed by atoms with Gasteiger partial charge < -0.3 is 5.32 Å². The number of nitrogens with one attached hydrogen (secondary N) is 1. The molecule has 1 amide bonds. The van der Waals surface area contributed by atoms with Gasteiger partial charge in [0.25, 0.3) is 0 Å². The number of sulfonamides is 1. The van der Waals surface area contributed by atoms with Crippen LogP contribution in [0.4, 0.5) is 24.5 Å². The molecular weight excluding hydrogens is 429 g/mol. The smallest absolute Gasteiger partial charge is 0.324 e. The first-order valence-electron chi connectivity index (χ1n) is 8.60. The number of anilines is 2. The highest BCUT2D eigenvalue weighted by atomic mass is 35.5. The number of amides is 1. The predicted molar refractivity (Wildman–Crippen MR) is 108 cm³/mol. The quantitative estimate of drug-likeness (QED) is 0.695. The highest BCUT2D eigenvalue weighted by Crippen LogP contribution is 2.37. The second-order valence-electron chi connectivity index (χ2n) is 6.44. The van der Waals surface area contributed by atoms with Crippen molar-refractivity contribution in [2.24, 2.45) is 0 Å². The van der Waals surface area contributed by atoms with Gasteiger partial charge in [0.2, 0.25) is 15.9 Å². The van der Waals surface area contributed by atoms with Gasteiger partial charge in [0.05, 0.1) is 22.5 Å². The van der Waals surface area contributed by atoms with Crippen LogP contribution in [0, 0.1) is 0 Å². The average Bonchev–Trinajstić information content (AvgIpc) is 2.61. The number of nitrogens with zero attached hydrogens (tertiary/aromatic N) is 1. The molecule has 0 radical (unpaired) electrons. The lowest BCUT2D eigenvalue weighted by Crippen LogP contribution is -2.45. The Hall–Kier alpha value is -2.26. The summed E-state index contributed by atoms with van der Waals surface area (Å²) in [6.07, 6.45) is -3.15. The predicted octanol–water partition coefficient (Wildman–Crippen LogP) is 4.71. The lowest BCUT2D eigenvalue weighted by atomic mass is 10.1. The average molecular weight is 449 g/mol. The number of carbonyl (C=O) groups is 1. The molecule has 0 bridgehead atoms. The normalized spacial score (nSPS) is 13.1. The molecular formula is C19H20ClF3N2O3S. The van der Waals surface area contributed by atoms with E-state index in [1.54, 1.807) is 12.1 Å². The zero-order chi connectivity index (χ0) is 22.0. The summed E-state index contributed by atoms with van der Waals surface area (Å²) in [5.74, 6) is -0.691. The number of rotatable bonds is 6. The fourth-order valence-electron chi connectivity index (χ4n) is 2.75. The van der Waals surface area contributed by atoms with Crippen molar-refractivity contribution in [2.45, 2.75) is 32.5 Å². The van der Waals surface area contributed by atoms with Crippen LogP contribution >= 0.6 is 11.6 Å². The van der Waals surface area contributed by atoms with Crippen LogP contribution in [0.15, 0.2) is 42.5 Å². The molecule has 29 heavy (non-hydrogen) atoms. The summed E-state index contributed by atoms with van der Waals surface area (Å²) in [5, 5.41) is 2.01. The fourth-order valence-corrected chi connectivity index (χ4v) is 4.14. The molecule has 0 aromatic heterocycles. The Morgan fingerprint density at radius 1 is 1.17 bits per heavy atom. The zero-order valence-corrected chi connectivity index (χ0v) is 17.5. The molecule has 0 aliphatic carbocycles. The van der Waals surface area contributed by atoms with E-state index in [1.165, 1.54) is 6.92 Å². The Balaban J connectivity index is 2.38. The van der Waals surface area contributed by atoms with Crippen molar-refractivity contribution in [1.82, 2.24) is 0 Å². The highest BCUT2D eigenvalue weighted by Gasteiger charge is 2.36. The number of carbonyl (C=O) groups excluding carboxylic acids is 1. The maximum atomic E-state index is 13.2. The molecule has 0 spiro atoms. The Bertz CT molecular complexity index is 993. The topological polar surface area (TPSA) is 66.5 Å². The standard InChI is InChI=1S/C19H20ClF3N2O3S/c1-4-13-5-7-14(8-6-13)24-18(26)12(2)25(29(3,27)28)15-9-10-17(20)16(11-15)19(21,22)23/h5-12H,4H2,1-3H3,(H,24,26). The molecule has 1 unspecified atom stereocenters. The Kier molecular flexibility index (Phi) is 6.85. The molecule has 1 N–H and O–H groups in total. The van der Waals surface area contributed by atoms with Crippen molar-refractivity contribution in [3.8, 4) is 0 Å². The molecule has 5 nitrogen and oxygen atoms in total. The van der Waals surface area contributed by atoms with Gasteiger partial charge in [-0.2, -0.15) is 13.2 Å². The molecule has 1 atom stereocenters. The van der Waals surface area contributed by atoms with Gasteiger partial charge in [-0.3, -0.25) is 9.10 Å². The highest BCUT2D eigenvalue weighted by molar-refractivity contribution is 7.92. The van der Waals surface area contributed by atoms with Crippen LogP contribution in [0.3, 0.4) is 0 Å². The van der Waals surface area contributed by atoms with Gasteiger partial charge in [-0.05, 0) is 49.2 Å². The summed E-state index contributed by atoms with van der Waals surface area (Å²) < 4.78 is 64.7. The summed E-state index contributed by atoms with van der Waals surface area (Å²) in [6.45, 7) is 3.26. The molecule has 2 rings (SSSR count). The van der Waals surface area contributed by atoms with Gasteiger partial charge in [0, 0.05) is 5.69 Å². The first-order valence-corrected chi connectivity index (χ1v) is 10.8. The second-order valence-corrected chi connectivity index (χ2v) is 8.70. The molecule has 2 aromatic carbocycles. The largest absolute Gasteiger partial charge is 0.417 e. The Morgan fingerprint density at radius 3 is 2.24 bits per heavy atom. The number of alkyl halides is 3. The summed E-state index contributed by atoms with van der Waals surface area (Å²) in [6, 6.07) is 8.33. The van der Waals surface area contributed by atoms with Gasteiger partial charge in [0.15, 0.2) is 0 Å². The minimum absolute atomic E-state index is 0.312. The number of benzene rings is 2. The van der Waals surface area contributed by atoms with Gasteiger partial charge in [-0.25, -0.2) is 8.42 Å². The third-order valence-corrected chi connectivity index (χ3v) is 5.80. The van der Waals surface area contributed by atoms with Crippen LogP contribution in [0.25, 0.3) is 0 Å². The fraction of sp³-hybridized carbons (Fsp3) is 0.316. The van der Waals surface area contributed by atoms with E-state index in [4.69, 9.17) is 11.6 Å². The Labute approximate surface area is 172 Å². The maximum absolute atomic E-state index is 13.2. The molecule has 0 heterocycles. The minimum Gasteiger partial charge on any atom is -0.324 e. The number of halogens is 4. The van der Waals surface area contributed by atoms with Crippen molar-refractivity contribution in [3.63, 3.8) is 0 Å². The molecule has 158 valence electrons. The Morgan fingerprint density at radius 2 is 1.76 bits per heavy atom. The van der Waals surface area contributed by atoms with Crippen molar-refractivity contribution >= 4 is 38.9 Å². The number of aryl methyl sites for hydroxylation is 1. The van der Waals surface area contributed by atoms with Gasteiger partial charge in [-0.1, -0.05) is 30.7 Å². The van der Waals surface area contributed by atoms with Crippen molar-refractivity contribution in [3.05, 3.63) is 58.6 Å². The zero-order valence-electron chi connectivity index (χ0n) is 15.9. The van der Waals surface area contributed by atoms with E-state index >= 15 is 0 Å². The summed E-state index contributed by atoms with van der Waals surface area (Å²) in [5.41, 5.74) is -0.00414. The van der Waals surface area contributed by atoms with Gasteiger partial charge >= 0.3 is 6.18 Å². The van der Waals surface area contributed by atoms with Crippen LogP contribution in [0.5, 0.6) is 0 Å². The van der Waals surface area contributed by atoms with Crippen LogP contribution in [0.2, 0.25) is 5.02 Å². The monoisotopic (exact) mass is 448 g/mol.